The summed E-state index contributed by atoms with van der Waals surface area (Å²) in [4.78, 5) is 16.2. The van der Waals surface area contributed by atoms with Crippen molar-refractivity contribution in [3.8, 4) is 5.75 Å². The maximum atomic E-state index is 11.7. The van der Waals surface area contributed by atoms with Crippen LogP contribution in [-0.4, -0.2) is 23.1 Å². The third-order valence-corrected chi connectivity index (χ3v) is 5.54. The SMILES string of the molecule is O=C(Nc1cccc(C2CC(c3c(Cl)cccc3OCC3CC3)=NO2)c1)C(Cl)Cl. The van der Waals surface area contributed by atoms with Gasteiger partial charge in [0, 0.05) is 12.1 Å². The van der Waals surface area contributed by atoms with E-state index in [1.807, 2.05) is 36.4 Å². The fraction of sp³-hybridized carbons (Fsp3) is 0.333. The standard InChI is InChI=1S/C21H19Cl3N2O3/c22-15-5-2-6-17(28-11-12-7-8-12)19(15)16-10-18(29-26-16)13-3-1-4-14(9-13)25-21(27)20(23)24/h1-6,9,12,18,20H,7-8,10-11H2,(H,25,27). The highest BCUT2D eigenvalue weighted by molar-refractivity contribution is 6.54. The molecule has 1 saturated carbocycles. The van der Waals surface area contributed by atoms with Crippen molar-refractivity contribution in [2.75, 3.05) is 11.9 Å². The van der Waals surface area contributed by atoms with Crippen LogP contribution in [0.1, 0.15) is 36.5 Å². The van der Waals surface area contributed by atoms with Gasteiger partial charge in [0.15, 0.2) is 10.9 Å². The predicted octanol–water partition coefficient (Wildman–Crippen LogP) is 5.74. The molecule has 1 amide bonds. The Morgan fingerprint density at radius 2 is 2.03 bits per heavy atom. The number of anilines is 1. The second-order valence-electron chi connectivity index (χ2n) is 7.12. The van der Waals surface area contributed by atoms with Gasteiger partial charge in [0.05, 0.1) is 22.9 Å². The molecular formula is C21H19Cl3N2O3. The number of hydrogen-bond acceptors (Lipinski definition) is 4. The monoisotopic (exact) mass is 452 g/mol. The van der Waals surface area contributed by atoms with E-state index in [2.05, 4.69) is 10.5 Å². The molecule has 1 atom stereocenters. The van der Waals surface area contributed by atoms with Crippen LogP contribution in [0.25, 0.3) is 0 Å². The van der Waals surface area contributed by atoms with Gasteiger partial charge in [0.1, 0.15) is 5.75 Å². The van der Waals surface area contributed by atoms with Crippen LogP contribution >= 0.6 is 34.8 Å². The summed E-state index contributed by atoms with van der Waals surface area (Å²) in [7, 11) is 0. The highest BCUT2D eigenvalue weighted by Gasteiger charge is 2.29. The molecule has 2 aromatic rings. The van der Waals surface area contributed by atoms with Crippen LogP contribution in [0, 0.1) is 5.92 Å². The minimum atomic E-state index is -1.13. The quantitative estimate of drug-likeness (QED) is 0.544. The maximum absolute atomic E-state index is 11.7. The summed E-state index contributed by atoms with van der Waals surface area (Å²) in [6.45, 7) is 0.689. The number of carbonyl (C=O) groups excluding carboxylic acids is 1. The normalized spacial score (nSPS) is 18.3. The van der Waals surface area contributed by atoms with Crippen molar-refractivity contribution in [3.63, 3.8) is 0 Å². The largest absolute Gasteiger partial charge is 0.493 e. The average molecular weight is 454 g/mol. The lowest BCUT2D eigenvalue weighted by atomic mass is 9.99. The molecule has 0 bridgehead atoms. The summed E-state index contributed by atoms with van der Waals surface area (Å²) in [5.41, 5.74) is 2.97. The molecule has 5 nitrogen and oxygen atoms in total. The molecular weight excluding hydrogens is 435 g/mol. The summed E-state index contributed by atoms with van der Waals surface area (Å²) >= 11 is 17.7. The van der Waals surface area contributed by atoms with Crippen LogP contribution in [-0.2, 0) is 9.63 Å². The number of halogens is 3. The smallest absolute Gasteiger partial charge is 0.257 e. The number of carbonyl (C=O) groups is 1. The van der Waals surface area contributed by atoms with Crippen molar-refractivity contribution < 1.29 is 14.4 Å². The number of nitrogens with zero attached hydrogens (tertiary/aromatic N) is 1. The van der Waals surface area contributed by atoms with Crippen LogP contribution in [0.2, 0.25) is 5.02 Å². The number of hydrogen-bond donors (Lipinski definition) is 1. The van der Waals surface area contributed by atoms with Crippen molar-refractivity contribution in [3.05, 3.63) is 58.6 Å². The Hall–Kier alpha value is -1.95. The van der Waals surface area contributed by atoms with Crippen LogP contribution < -0.4 is 10.1 Å². The minimum absolute atomic E-state index is 0.294. The molecule has 0 radical (unpaired) electrons. The van der Waals surface area contributed by atoms with E-state index in [1.54, 1.807) is 6.07 Å². The first-order valence-corrected chi connectivity index (χ1v) is 10.6. The lowest BCUT2D eigenvalue weighted by Crippen LogP contribution is -2.18. The first-order chi connectivity index (χ1) is 14.0. The van der Waals surface area contributed by atoms with Crippen LogP contribution in [0.4, 0.5) is 5.69 Å². The van der Waals surface area contributed by atoms with Gasteiger partial charge in [-0.3, -0.25) is 4.79 Å². The van der Waals surface area contributed by atoms with Gasteiger partial charge < -0.3 is 14.9 Å². The lowest BCUT2D eigenvalue weighted by Gasteiger charge is -2.13. The Morgan fingerprint density at radius 3 is 2.79 bits per heavy atom. The second kappa shape index (κ2) is 8.82. The maximum Gasteiger partial charge on any atom is 0.257 e. The van der Waals surface area contributed by atoms with Crippen molar-refractivity contribution >= 4 is 52.1 Å². The third-order valence-electron chi connectivity index (χ3n) is 4.83. The van der Waals surface area contributed by atoms with Gasteiger partial charge in [-0.25, -0.2) is 0 Å². The predicted molar refractivity (Wildman–Crippen MR) is 115 cm³/mol. The molecule has 8 heteroatoms. The molecule has 1 aliphatic carbocycles. The minimum Gasteiger partial charge on any atom is -0.493 e. The van der Waals surface area contributed by atoms with Gasteiger partial charge in [0.25, 0.3) is 5.91 Å². The third kappa shape index (κ3) is 4.97. The van der Waals surface area contributed by atoms with Crippen LogP contribution in [0.15, 0.2) is 47.6 Å². The molecule has 1 N–H and O–H groups in total. The van der Waals surface area contributed by atoms with E-state index < -0.39 is 10.7 Å². The topological polar surface area (TPSA) is 59.9 Å². The molecule has 1 fully saturated rings. The highest BCUT2D eigenvalue weighted by Crippen LogP contribution is 2.37. The Balaban J connectivity index is 1.49. The number of oxime groups is 1. The number of nitrogens with one attached hydrogen (secondary N) is 1. The van der Waals surface area contributed by atoms with Crippen molar-refractivity contribution in [2.45, 2.75) is 30.2 Å². The highest BCUT2D eigenvalue weighted by atomic mass is 35.5. The molecule has 1 unspecified atom stereocenters. The van der Waals surface area contributed by atoms with Gasteiger partial charge in [-0.05, 0) is 48.6 Å². The van der Waals surface area contributed by atoms with E-state index in [0.717, 1.165) is 22.6 Å². The molecule has 1 aliphatic heterocycles. The molecule has 152 valence electrons. The first kappa shape index (κ1) is 20.3. The van der Waals surface area contributed by atoms with Crippen molar-refractivity contribution in [1.82, 2.24) is 0 Å². The number of benzene rings is 2. The fourth-order valence-electron chi connectivity index (χ4n) is 3.11. The Kier molecular flexibility index (Phi) is 6.18. The fourth-order valence-corrected chi connectivity index (χ4v) is 3.50. The first-order valence-electron chi connectivity index (χ1n) is 9.34. The van der Waals surface area contributed by atoms with E-state index in [4.69, 9.17) is 44.4 Å². The molecule has 1 heterocycles. The van der Waals surface area contributed by atoms with Crippen molar-refractivity contribution in [1.29, 1.82) is 0 Å². The Morgan fingerprint density at radius 1 is 1.24 bits per heavy atom. The molecule has 0 aromatic heterocycles. The average Bonchev–Trinajstić information content (AvgIpc) is 3.41. The number of alkyl halides is 2. The van der Waals surface area contributed by atoms with Gasteiger partial charge in [0.2, 0.25) is 0 Å². The molecule has 29 heavy (non-hydrogen) atoms. The van der Waals surface area contributed by atoms with E-state index in [0.29, 0.717) is 29.7 Å². The Labute approximate surface area is 183 Å². The number of amides is 1. The van der Waals surface area contributed by atoms with Gasteiger partial charge in [-0.2, -0.15) is 0 Å². The molecule has 4 rings (SSSR count). The molecule has 0 saturated heterocycles. The van der Waals surface area contributed by atoms with Gasteiger partial charge >= 0.3 is 0 Å². The zero-order valence-electron chi connectivity index (χ0n) is 15.4. The zero-order valence-corrected chi connectivity index (χ0v) is 17.7. The summed E-state index contributed by atoms with van der Waals surface area (Å²) in [6.07, 6.45) is 2.66. The number of rotatable bonds is 7. The summed E-state index contributed by atoms with van der Waals surface area (Å²) in [5, 5.41) is 7.51. The lowest BCUT2D eigenvalue weighted by molar-refractivity contribution is -0.114. The van der Waals surface area contributed by atoms with Crippen LogP contribution in [0.3, 0.4) is 0 Å². The Bertz CT molecular complexity index is 945. The van der Waals surface area contributed by atoms with E-state index in [-0.39, 0.29) is 6.10 Å². The summed E-state index contributed by atoms with van der Waals surface area (Å²) in [6, 6.07) is 12.9. The van der Waals surface area contributed by atoms with Crippen LogP contribution in [0.5, 0.6) is 5.75 Å². The van der Waals surface area contributed by atoms with E-state index >= 15 is 0 Å². The molecule has 2 aromatic carbocycles. The number of ether oxygens (including phenoxy) is 1. The molecule has 2 aliphatic rings. The second-order valence-corrected chi connectivity index (χ2v) is 8.62. The summed E-state index contributed by atoms with van der Waals surface area (Å²) in [5.74, 6) is 0.877. The molecule has 0 spiro atoms. The zero-order chi connectivity index (χ0) is 20.4. The van der Waals surface area contributed by atoms with Crippen molar-refractivity contribution in [2.24, 2.45) is 11.1 Å². The van der Waals surface area contributed by atoms with Gasteiger partial charge in [-0.1, -0.05) is 58.2 Å². The van der Waals surface area contributed by atoms with Gasteiger partial charge in [-0.15, -0.1) is 0 Å². The summed E-state index contributed by atoms with van der Waals surface area (Å²) < 4.78 is 5.99. The van der Waals surface area contributed by atoms with E-state index in [9.17, 15) is 4.79 Å². The van der Waals surface area contributed by atoms with E-state index in [1.165, 1.54) is 12.8 Å².